The van der Waals surface area contributed by atoms with Gasteiger partial charge in [-0.05, 0) is 72.6 Å². The SMILES string of the molecule is CCCOC(=O)c1ccc(NC(=O)c2ccc(COc3ccc(Cl)cc3)cc2)cc1. The van der Waals surface area contributed by atoms with Crippen LogP contribution in [0.3, 0.4) is 0 Å². The van der Waals surface area contributed by atoms with Gasteiger partial charge in [-0.25, -0.2) is 4.79 Å². The maximum Gasteiger partial charge on any atom is 0.338 e. The number of halogens is 1. The zero-order valence-electron chi connectivity index (χ0n) is 16.6. The Morgan fingerprint density at radius 2 is 1.50 bits per heavy atom. The summed E-state index contributed by atoms with van der Waals surface area (Å²) in [4.78, 5) is 24.3. The van der Waals surface area contributed by atoms with Gasteiger partial charge in [-0.2, -0.15) is 0 Å². The molecule has 3 rings (SSSR count). The number of hydrogen-bond acceptors (Lipinski definition) is 4. The van der Waals surface area contributed by atoms with E-state index in [1.54, 1.807) is 60.7 Å². The molecule has 0 aliphatic heterocycles. The fourth-order valence-electron chi connectivity index (χ4n) is 2.62. The van der Waals surface area contributed by atoms with E-state index in [2.05, 4.69) is 5.32 Å². The maximum absolute atomic E-state index is 12.5. The van der Waals surface area contributed by atoms with Crippen molar-refractivity contribution in [1.82, 2.24) is 0 Å². The lowest BCUT2D eigenvalue weighted by molar-refractivity contribution is 0.0505. The van der Waals surface area contributed by atoms with Crippen LogP contribution in [0.5, 0.6) is 5.75 Å². The van der Waals surface area contributed by atoms with Gasteiger partial charge in [0.1, 0.15) is 12.4 Å². The van der Waals surface area contributed by atoms with Gasteiger partial charge in [0.2, 0.25) is 0 Å². The quantitative estimate of drug-likeness (QED) is 0.469. The Hall–Kier alpha value is -3.31. The number of carbonyl (C=O) groups is 2. The summed E-state index contributed by atoms with van der Waals surface area (Å²) in [6.07, 6.45) is 0.770. The molecule has 0 aromatic heterocycles. The van der Waals surface area contributed by atoms with E-state index in [4.69, 9.17) is 21.1 Å². The van der Waals surface area contributed by atoms with Gasteiger partial charge < -0.3 is 14.8 Å². The first-order valence-corrected chi connectivity index (χ1v) is 9.99. The van der Waals surface area contributed by atoms with E-state index in [-0.39, 0.29) is 11.9 Å². The number of esters is 1. The molecule has 1 N–H and O–H groups in total. The third-order valence-electron chi connectivity index (χ3n) is 4.25. The van der Waals surface area contributed by atoms with Crippen molar-refractivity contribution in [2.24, 2.45) is 0 Å². The van der Waals surface area contributed by atoms with Crippen LogP contribution in [0.2, 0.25) is 5.02 Å². The Morgan fingerprint density at radius 1 is 0.867 bits per heavy atom. The van der Waals surface area contributed by atoms with Gasteiger partial charge in [-0.15, -0.1) is 0 Å². The molecule has 0 unspecified atom stereocenters. The fourth-order valence-corrected chi connectivity index (χ4v) is 2.75. The van der Waals surface area contributed by atoms with Crippen LogP contribution in [0.1, 0.15) is 39.6 Å². The summed E-state index contributed by atoms with van der Waals surface area (Å²) < 4.78 is 10.8. The summed E-state index contributed by atoms with van der Waals surface area (Å²) in [7, 11) is 0. The van der Waals surface area contributed by atoms with Gasteiger partial charge in [0, 0.05) is 16.3 Å². The number of benzene rings is 3. The Bertz CT molecular complexity index is 983. The molecule has 0 saturated carbocycles. The molecular weight excluding hydrogens is 402 g/mol. The van der Waals surface area contributed by atoms with Gasteiger partial charge in [0.05, 0.1) is 12.2 Å². The molecule has 3 aromatic carbocycles. The van der Waals surface area contributed by atoms with E-state index in [1.807, 2.05) is 19.1 Å². The molecule has 0 spiro atoms. The van der Waals surface area contributed by atoms with Crippen LogP contribution in [0, 0.1) is 0 Å². The largest absolute Gasteiger partial charge is 0.489 e. The van der Waals surface area contributed by atoms with Crippen molar-refractivity contribution in [2.75, 3.05) is 11.9 Å². The van der Waals surface area contributed by atoms with Crippen molar-refractivity contribution in [3.63, 3.8) is 0 Å². The monoisotopic (exact) mass is 423 g/mol. The molecule has 0 fully saturated rings. The molecule has 0 atom stereocenters. The minimum absolute atomic E-state index is 0.235. The normalized spacial score (nSPS) is 10.3. The Kier molecular flexibility index (Phi) is 7.46. The average Bonchev–Trinajstić information content (AvgIpc) is 2.78. The Balaban J connectivity index is 1.54. The highest BCUT2D eigenvalue weighted by Gasteiger charge is 2.09. The summed E-state index contributed by atoms with van der Waals surface area (Å²) in [6.45, 7) is 2.71. The minimum Gasteiger partial charge on any atom is -0.489 e. The number of hydrogen-bond donors (Lipinski definition) is 1. The first-order chi connectivity index (χ1) is 14.5. The molecule has 1 amide bonds. The van der Waals surface area contributed by atoms with E-state index >= 15 is 0 Å². The molecule has 0 saturated heterocycles. The van der Waals surface area contributed by atoms with Crippen LogP contribution in [0.25, 0.3) is 0 Å². The zero-order chi connectivity index (χ0) is 21.3. The molecule has 0 aliphatic rings. The van der Waals surface area contributed by atoms with Crippen LogP contribution in [0.15, 0.2) is 72.8 Å². The Morgan fingerprint density at radius 3 is 2.13 bits per heavy atom. The van der Waals surface area contributed by atoms with E-state index in [0.717, 1.165) is 17.7 Å². The predicted molar refractivity (Wildman–Crippen MR) is 117 cm³/mol. The second-order valence-electron chi connectivity index (χ2n) is 6.61. The molecule has 5 nitrogen and oxygen atoms in total. The third-order valence-corrected chi connectivity index (χ3v) is 4.50. The second-order valence-corrected chi connectivity index (χ2v) is 7.04. The number of carbonyl (C=O) groups excluding carboxylic acids is 2. The smallest absolute Gasteiger partial charge is 0.338 e. The molecule has 154 valence electrons. The van der Waals surface area contributed by atoms with Crippen LogP contribution < -0.4 is 10.1 Å². The summed E-state index contributed by atoms with van der Waals surface area (Å²) in [5, 5.41) is 3.47. The van der Waals surface area contributed by atoms with Gasteiger partial charge in [-0.1, -0.05) is 30.7 Å². The average molecular weight is 424 g/mol. The van der Waals surface area contributed by atoms with Gasteiger partial charge in [0.15, 0.2) is 0 Å². The van der Waals surface area contributed by atoms with Crippen LogP contribution >= 0.6 is 11.6 Å². The topological polar surface area (TPSA) is 64.6 Å². The van der Waals surface area contributed by atoms with E-state index in [1.165, 1.54) is 0 Å². The molecular formula is C24H22ClNO4. The van der Waals surface area contributed by atoms with Crippen molar-refractivity contribution in [1.29, 1.82) is 0 Å². The first-order valence-electron chi connectivity index (χ1n) is 9.61. The standard InChI is InChI=1S/C24H22ClNO4/c1-2-15-29-24(28)19-7-11-21(12-8-19)26-23(27)18-5-3-17(4-6-18)16-30-22-13-9-20(25)10-14-22/h3-14H,2,15-16H2,1H3,(H,26,27). The molecule has 0 heterocycles. The molecule has 3 aromatic rings. The van der Waals surface area contributed by atoms with Crippen LogP contribution in [-0.2, 0) is 11.3 Å². The molecule has 0 radical (unpaired) electrons. The summed E-state index contributed by atoms with van der Waals surface area (Å²) >= 11 is 5.86. The second kappa shape index (κ2) is 10.5. The van der Waals surface area contributed by atoms with Gasteiger partial charge in [0.25, 0.3) is 5.91 Å². The van der Waals surface area contributed by atoms with Crippen LogP contribution in [-0.4, -0.2) is 18.5 Å². The number of nitrogens with one attached hydrogen (secondary N) is 1. The molecule has 0 aliphatic carbocycles. The number of anilines is 1. The van der Waals surface area contributed by atoms with Crippen molar-refractivity contribution >= 4 is 29.2 Å². The fraction of sp³-hybridized carbons (Fsp3) is 0.167. The summed E-state index contributed by atoms with van der Waals surface area (Å²) in [6, 6.07) is 20.9. The van der Waals surface area contributed by atoms with Crippen molar-refractivity contribution in [3.05, 3.63) is 94.5 Å². The highest BCUT2D eigenvalue weighted by atomic mass is 35.5. The maximum atomic E-state index is 12.5. The lowest BCUT2D eigenvalue weighted by Gasteiger charge is -2.09. The third kappa shape index (κ3) is 6.09. The van der Waals surface area contributed by atoms with Gasteiger partial charge in [-0.3, -0.25) is 4.79 Å². The van der Waals surface area contributed by atoms with Crippen molar-refractivity contribution < 1.29 is 19.1 Å². The van der Waals surface area contributed by atoms with E-state index in [0.29, 0.717) is 35.1 Å². The highest BCUT2D eigenvalue weighted by molar-refractivity contribution is 6.30. The number of rotatable bonds is 8. The van der Waals surface area contributed by atoms with E-state index < -0.39 is 0 Å². The number of amides is 1. The Labute approximate surface area is 180 Å². The van der Waals surface area contributed by atoms with Crippen molar-refractivity contribution in [2.45, 2.75) is 20.0 Å². The lowest BCUT2D eigenvalue weighted by Crippen LogP contribution is -2.12. The molecule has 6 heteroatoms. The minimum atomic E-state index is -0.369. The number of ether oxygens (including phenoxy) is 2. The lowest BCUT2D eigenvalue weighted by atomic mass is 10.1. The first kappa shape index (κ1) is 21.4. The van der Waals surface area contributed by atoms with E-state index in [9.17, 15) is 9.59 Å². The predicted octanol–water partition coefficient (Wildman–Crippen LogP) is 5.74. The summed E-state index contributed by atoms with van der Waals surface area (Å²) in [5.41, 5.74) is 2.52. The summed E-state index contributed by atoms with van der Waals surface area (Å²) in [5.74, 6) is 0.121. The van der Waals surface area contributed by atoms with Gasteiger partial charge >= 0.3 is 5.97 Å². The van der Waals surface area contributed by atoms with Crippen LogP contribution in [0.4, 0.5) is 5.69 Å². The van der Waals surface area contributed by atoms with Crippen molar-refractivity contribution in [3.8, 4) is 5.75 Å². The molecule has 30 heavy (non-hydrogen) atoms. The highest BCUT2D eigenvalue weighted by Crippen LogP contribution is 2.17. The zero-order valence-corrected chi connectivity index (χ0v) is 17.3. The molecule has 0 bridgehead atoms.